The van der Waals surface area contributed by atoms with Gasteiger partial charge in [-0.05, 0) is 42.6 Å². The fraction of sp³-hybridized carbons (Fsp3) is 0.455. The molecule has 0 bridgehead atoms. The van der Waals surface area contributed by atoms with E-state index in [1.54, 1.807) is 12.1 Å². The molecule has 1 aliphatic carbocycles. The molecule has 2 heteroatoms. The minimum absolute atomic E-state index is 0.131. The first-order valence-electron chi connectivity index (χ1n) is 4.69. The molecule has 0 saturated heterocycles. The van der Waals surface area contributed by atoms with E-state index in [9.17, 15) is 4.39 Å². The van der Waals surface area contributed by atoms with Crippen LogP contribution in [0.4, 0.5) is 4.39 Å². The molecule has 1 aromatic rings. The van der Waals surface area contributed by atoms with Crippen LogP contribution >= 0.6 is 0 Å². The number of halogens is 1. The third kappa shape index (κ3) is 1.35. The Bertz CT molecular complexity index is 322. The third-order valence-electron chi connectivity index (χ3n) is 2.89. The smallest absolute Gasteiger partial charge is 0.123 e. The Labute approximate surface area is 78.0 Å². The average Bonchev–Trinajstić information content (AvgIpc) is 2.42. The summed E-state index contributed by atoms with van der Waals surface area (Å²) in [6, 6.07) is 5.45. The van der Waals surface area contributed by atoms with Crippen molar-refractivity contribution in [2.24, 2.45) is 0 Å². The molecular weight excluding hydrogens is 165 g/mol. The van der Waals surface area contributed by atoms with Crippen LogP contribution in [0.1, 0.15) is 36.4 Å². The average molecular weight is 179 g/mol. The van der Waals surface area contributed by atoms with Crippen LogP contribution in [0, 0.1) is 5.82 Å². The van der Waals surface area contributed by atoms with Gasteiger partial charge in [-0.25, -0.2) is 4.39 Å². The normalized spacial score (nSPS) is 26.1. The first-order valence-corrected chi connectivity index (χ1v) is 4.69. The summed E-state index contributed by atoms with van der Waals surface area (Å²) in [7, 11) is 1.93. The van der Waals surface area contributed by atoms with E-state index in [0.717, 1.165) is 12.0 Å². The zero-order valence-corrected chi connectivity index (χ0v) is 7.97. The molecule has 0 fully saturated rings. The van der Waals surface area contributed by atoms with Crippen LogP contribution in [-0.4, -0.2) is 7.05 Å². The van der Waals surface area contributed by atoms with Gasteiger partial charge < -0.3 is 5.32 Å². The van der Waals surface area contributed by atoms with Crippen LogP contribution in [0.2, 0.25) is 0 Å². The van der Waals surface area contributed by atoms with Crippen LogP contribution in [0.5, 0.6) is 0 Å². The van der Waals surface area contributed by atoms with Gasteiger partial charge in [0.15, 0.2) is 0 Å². The quantitative estimate of drug-likeness (QED) is 0.698. The molecule has 0 aromatic heterocycles. The maximum absolute atomic E-state index is 13.0. The first kappa shape index (κ1) is 8.70. The zero-order chi connectivity index (χ0) is 9.42. The lowest BCUT2D eigenvalue weighted by Gasteiger charge is -2.09. The molecule has 0 aliphatic heterocycles. The molecule has 13 heavy (non-hydrogen) atoms. The van der Waals surface area contributed by atoms with Gasteiger partial charge in [-0.1, -0.05) is 13.0 Å². The van der Waals surface area contributed by atoms with E-state index in [0.29, 0.717) is 12.0 Å². The predicted molar refractivity (Wildman–Crippen MR) is 51.2 cm³/mol. The van der Waals surface area contributed by atoms with Gasteiger partial charge in [0.2, 0.25) is 0 Å². The molecule has 1 N–H and O–H groups in total. The number of rotatable bonds is 1. The van der Waals surface area contributed by atoms with Crippen molar-refractivity contribution < 1.29 is 4.39 Å². The summed E-state index contributed by atoms with van der Waals surface area (Å²) in [6.07, 6.45) is 1.08. The predicted octanol–water partition coefficient (Wildman–Crippen LogP) is 2.59. The lowest BCUT2D eigenvalue weighted by Crippen LogP contribution is -2.13. The van der Waals surface area contributed by atoms with Crippen molar-refractivity contribution >= 4 is 0 Å². The minimum atomic E-state index is -0.131. The van der Waals surface area contributed by atoms with Crippen LogP contribution < -0.4 is 5.32 Å². The lowest BCUT2D eigenvalue weighted by molar-refractivity contribution is 0.550. The molecule has 70 valence electrons. The minimum Gasteiger partial charge on any atom is -0.313 e. The lowest BCUT2D eigenvalue weighted by atomic mass is 10.0. The number of nitrogens with one attached hydrogen (secondary N) is 1. The summed E-state index contributed by atoms with van der Waals surface area (Å²) < 4.78 is 13.0. The highest BCUT2D eigenvalue weighted by molar-refractivity contribution is 5.37. The second kappa shape index (κ2) is 3.11. The molecule has 0 saturated carbocycles. The van der Waals surface area contributed by atoms with E-state index in [1.807, 2.05) is 13.1 Å². The van der Waals surface area contributed by atoms with Crippen LogP contribution in [0.25, 0.3) is 0 Å². The van der Waals surface area contributed by atoms with E-state index < -0.39 is 0 Å². The van der Waals surface area contributed by atoms with Crippen molar-refractivity contribution in [1.82, 2.24) is 5.32 Å². The Morgan fingerprint density at radius 3 is 2.85 bits per heavy atom. The molecule has 0 amide bonds. The summed E-state index contributed by atoms with van der Waals surface area (Å²) in [5.41, 5.74) is 2.43. The number of fused-ring (bicyclic) bond motifs is 1. The van der Waals surface area contributed by atoms with Crippen molar-refractivity contribution in [2.45, 2.75) is 25.3 Å². The standard InChI is InChI=1S/C11H14FN/c1-7-5-11(13-2)10-6-8(12)3-4-9(7)10/h3-4,6-7,11,13H,5H2,1-2H3. The van der Waals surface area contributed by atoms with E-state index >= 15 is 0 Å². The number of hydrogen-bond acceptors (Lipinski definition) is 1. The van der Waals surface area contributed by atoms with Crippen LogP contribution in [-0.2, 0) is 0 Å². The molecule has 1 aliphatic rings. The van der Waals surface area contributed by atoms with Crippen LogP contribution in [0.15, 0.2) is 18.2 Å². The molecular formula is C11H14FN. The summed E-state index contributed by atoms with van der Waals surface area (Å²) in [6.45, 7) is 2.19. The van der Waals surface area contributed by atoms with Gasteiger partial charge in [-0.15, -0.1) is 0 Å². The largest absolute Gasteiger partial charge is 0.313 e. The maximum atomic E-state index is 13.0. The number of hydrogen-bond donors (Lipinski definition) is 1. The summed E-state index contributed by atoms with van der Waals surface area (Å²) in [5, 5.41) is 3.21. The van der Waals surface area contributed by atoms with Gasteiger partial charge in [0, 0.05) is 6.04 Å². The van der Waals surface area contributed by atoms with E-state index in [2.05, 4.69) is 12.2 Å². The third-order valence-corrected chi connectivity index (χ3v) is 2.89. The first-order chi connectivity index (χ1) is 6.22. The highest BCUT2D eigenvalue weighted by Crippen LogP contribution is 2.39. The fourth-order valence-corrected chi connectivity index (χ4v) is 2.18. The molecule has 2 atom stereocenters. The second-order valence-electron chi connectivity index (χ2n) is 3.75. The molecule has 0 radical (unpaired) electrons. The van der Waals surface area contributed by atoms with Crippen molar-refractivity contribution in [3.8, 4) is 0 Å². The van der Waals surface area contributed by atoms with Gasteiger partial charge in [0.25, 0.3) is 0 Å². The zero-order valence-electron chi connectivity index (χ0n) is 7.97. The Kier molecular flexibility index (Phi) is 2.08. The van der Waals surface area contributed by atoms with Crippen molar-refractivity contribution in [1.29, 1.82) is 0 Å². The van der Waals surface area contributed by atoms with Crippen molar-refractivity contribution in [3.63, 3.8) is 0 Å². The fourth-order valence-electron chi connectivity index (χ4n) is 2.18. The topological polar surface area (TPSA) is 12.0 Å². The van der Waals surface area contributed by atoms with Gasteiger partial charge >= 0.3 is 0 Å². The Hall–Kier alpha value is -0.890. The molecule has 2 unspecified atom stereocenters. The molecule has 1 nitrogen and oxygen atoms in total. The Balaban J connectivity index is 2.46. The number of benzene rings is 1. The summed E-state index contributed by atoms with van der Waals surface area (Å²) in [5.74, 6) is 0.418. The molecule has 1 aromatic carbocycles. The monoisotopic (exact) mass is 179 g/mol. The van der Waals surface area contributed by atoms with E-state index in [1.165, 1.54) is 5.56 Å². The van der Waals surface area contributed by atoms with Crippen molar-refractivity contribution in [3.05, 3.63) is 35.1 Å². The highest BCUT2D eigenvalue weighted by atomic mass is 19.1. The van der Waals surface area contributed by atoms with Gasteiger partial charge in [-0.2, -0.15) is 0 Å². The summed E-state index contributed by atoms with van der Waals surface area (Å²) >= 11 is 0. The Morgan fingerprint density at radius 2 is 2.15 bits per heavy atom. The maximum Gasteiger partial charge on any atom is 0.123 e. The highest BCUT2D eigenvalue weighted by Gasteiger charge is 2.26. The van der Waals surface area contributed by atoms with Crippen molar-refractivity contribution in [2.75, 3.05) is 7.05 Å². The molecule has 0 heterocycles. The van der Waals surface area contributed by atoms with E-state index in [4.69, 9.17) is 0 Å². The van der Waals surface area contributed by atoms with E-state index in [-0.39, 0.29) is 5.82 Å². The Morgan fingerprint density at radius 1 is 1.38 bits per heavy atom. The summed E-state index contributed by atoms with van der Waals surface area (Å²) in [4.78, 5) is 0. The molecule has 2 rings (SSSR count). The second-order valence-corrected chi connectivity index (χ2v) is 3.75. The van der Waals surface area contributed by atoms with Crippen LogP contribution in [0.3, 0.4) is 0 Å². The SMILES string of the molecule is CNC1CC(C)c2ccc(F)cc21. The molecule has 0 spiro atoms. The van der Waals surface area contributed by atoms with Gasteiger partial charge in [0.05, 0.1) is 0 Å². The van der Waals surface area contributed by atoms with Gasteiger partial charge in [0.1, 0.15) is 5.82 Å². The van der Waals surface area contributed by atoms with Gasteiger partial charge in [-0.3, -0.25) is 0 Å².